The van der Waals surface area contributed by atoms with Crippen LogP contribution in [0.4, 0.5) is 0 Å². The van der Waals surface area contributed by atoms with Gasteiger partial charge in [-0.15, -0.1) is 0 Å². The summed E-state index contributed by atoms with van der Waals surface area (Å²) in [5.74, 6) is 1.65. The van der Waals surface area contributed by atoms with Crippen LogP contribution in [0.15, 0.2) is 48.5 Å². The predicted molar refractivity (Wildman–Crippen MR) is 101 cm³/mol. The summed E-state index contributed by atoms with van der Waals surface area (Å²) in [6.07, 6.45) is -0.538. The molecule has 0 fully saturated rings. The molecule has 0 aromatic heterocycles. The minimum Gasteiger partial charge on any atom is -0.494 e. The second-order valence-electron chi connectivity index (χ2n) is 6.15. The van der Waals surface area contributed by atoms with Crippen molar-refractivity contribution >= 4 is 0 Å². The lowest BCUT2D eigenvalue weighted by Gasteiger charge is -2.29. The lowest BCUT2D eigenvalue weighted by Crippen LogP contribution is -2.34. The van der Waals surface area contributed by atoms with Crippen LogP contribution in [0, 0.1) is 0 Å². The lowest BCUT2D eigenvalue weighted by molar-refractivity contribution is 0.0683. The summed E-state index contributed by atoms with van der Waals surface area (Å²) < 4.78 is 11.3. The second kappa shape index (κ2) is 9.44. The van der Waals surface area contributed by atoms with Gasteiger partial charge < -0.3 is 14.6 Å². The van der Waals surface area contributed by atoms with E-state index in [-0.39, 0.29) is 6.04 Å². The minimum atomic E-state index is -0.538. The van der Waals surface area contributed by atoms with Gasteiger partial charge in [-0.3, -0.25) is 4.90 Å². The number of hydrogen-bond donors (Lipinski definition) is 1. The quantitative estimate of drug-likeness (QED) is 0.746. The van der Waals surface area contributed by atoms with Crippen molar-refractivity contribution in [2.75, 3.05) is 20.3 Å². The summed E-state index contributed by atoms with van der Waals surface area (Å²) in [4.78, 5) is 2.13. The van der Waals surface area contributed by atoms with E-state index >= 15 is 0 Å². The van der Waals surface area contributed by atoms with Gasteiger partial charge in [-0.1, -0.05) is 36.4 Å². The Morgan fingerprint density at radius 3 is 2.32 bits per heavy atom. The van der Waals surface area contributed by atoms with Crippen LogP contribution in [0.2, 0.25) is 0 Å². The highest BCUT2D eigenvalue weighted by Crippen LogP contribution is 2.28. The second-order valence-corrected chi connectivity index (χ2v) is 6.15. The normalized spacial score (nSPS) is 13.5. The van der Waals surface area contributed by atoms with Crippen molar-refractivity contribution < 1.29 is 14.6 Å². The highest BCUT2D eigenvalue weighted by Gasteiger charge is 2.21. The molecule has 2 aromatic carbocycles. The van der Waals surface area contributed by atoms with Gasteiger partial charge >= 0.3 is 0 Å². The summed E-state index contributed by atoms with van der Waals surface area (Å²) in [6, 6.07) is 15.7. The molecular formula is C21H29NO3. The maximum Gasteiger partial charge on any atom is 0.127 e. The molecule has 0 radical (unpaired) electrons. The molecule has 0 bridgehead atoms. The first-order valence-corrected chi connectivity index (χ1v) is 8.88. The topological polar surface area (TPSA) is 41.9 Å². The molecular weight excluding hydrogens is 314 g/mol. The van der Waals surface area contributed by atoms with Crippen LogP contribution in [-0.4, -0.2) is 36.3 Å². The summed E-state index contributed by atoms with van der Waals surface area (Å²) in [7, 11) is 2.02. The Kier molecular flexibility index (Phi) is 7.29. The fraction of sp³-hybridized carbons (Fsp3) is 0.429. The van der Waals surface area contributed by atoms with Crippen molar-refractivity contribution in [3.8, 4) is 11.5 Å². The van der Waals surface area contributed by atoms with Gasteiger partial charge in [0.1, 0.15) is 11.5 Å². The van der Waals surface area contributed by atoms with Gasteiger partial charge in [0.2, 0.25) is 0 Å². The highest BCUT2D eigenvalue weighted by atomic mass is 16.5. The molecule has 2 aromatic rings. The maximum absolute atomic E-state index is 10.6. The van der Waals surface area contributed by atoms with Gasteiger partial charge in [-0.05, 0) is 39.4 Å². The van der Waals surface area contributed by atoms with Crippen LogP contribution in [0.1, 0.15) is 38.0 Å². The van der Waals surface area contributed by atoms with Crippen LogP contribution in [-0.2, 0) is 6.54 Å². The smallest absolute Gasteiger partial charge is 0.127 e. The van der Waals surface area contributed by atoms with Crippen molar-refractivity contribution in [1.29, 1.82) is 0 Å². The third kappa shape index (κ3) is 5.21. The van der Waals surface area contributed by atoms with E-state index < -0.39 is 6.10 Å². The van der Waals surface area contributed by atoms with E-state index in [2.05, 4.69) is 4.90 Å². The zero-order valence-electron chi connectivity index (χ0n) is 15.6. The van der Waals surface area contributed by atoms with Gasteiger partial charge in [0.15, 0.2) is 0 Å². The fourth-order valence-corrected chi connectivity index (χ4v) is 2.79. The average molecular weight is 343 g/mol. The fourth-order valence-electron chi connectivity index (χ4n) is 2.79. The summed E-state index contributed by atoms with van der Waals surface area (Å²) >= 11 is 0. The highest BCUT2D eigenvalue weighted by molar-refractivity contribution is 5.41. The monoisotopic (exact) mass is 343 g/mol. The Morgan fingerprint density at radius 1 is 1.00 bits per heavy atom. The molecule has 25 heavy (non-hydrogen) atoms. The van der Waals surface area contributed by atoms with Gasteiger partial charge in [0, 0.05) is 24.2 Å². The Balaban J connectivity index is 2.11. The molecule has 2 rings (SSSR count). The van der Waals surface area contributed by atoms with Crippen LogP contribution < -0.4 is 9.47 Å². The number of benzene rings is 2. The predicted octanol–water partition coefficient (Wildman–Crippen LogP) is 4.04. The van der Waals surface area contributed by atoms with E-state index in [1.54, 1.807) is 0 Å². The SMILES string of the molecule is CCOc1ccc(CN(C)C(C)C(O)c2ccccc2)c(OCC)c1. The average Bonchev–Trinajstić information content (AvgIpc) is 2.63. The van der Waals surface area contributed by atoms with Gasteiger partial charge in [-0.25, -0.2) is 0 Å². The Bertz CT molecular complexity index is 645. The van der Waals surface area contributed by atoms with E-state index in [1.165, 1.54) is 0 Å². The van der Waals surface area contributed by atoms with Gasteiger partial charge in [-0.2, -0.15) is 0 Å². The number of likely N-dealkylation sites (N-methyl/N-ethyl adjacent to an activating group) is 1. The standard InChI is InChI=1S/C21H29NO3/c1-5-24-19-13-12-18(20(14-19)25-6-2)15-22(4)16(3)21(23)17-10-8-7-9-11-17/h7-14,16,21,23H,5-6,15H2,1-4H3. The number of ether oxygens (including phenoxy) is 2. The van der Waals surface area contributed by atoms with Crippen molar-refractivity contribution in [2.24, 2.45) is 0 Å². The molecule has 0 aliphatic heterocycles. The maximum atomic E-state index is 10.6. The van der Waals surface area contributed by atoms with Crippen molar-refractivity contribution in [3.63, 3.8) is 0 Å². The lowest BCUT2D eigenvalue weighted by atomic mass is 10.0. The van der Waals surface area contributed by atoms with E-state index in [1.807, 2.05) is 76.3 Å². The molecule has 0 heterocycles. The van der Waals surface area contributed by atoms with E-state index in [4.69, 9.17) is 9.47 Å². The summed E-state index contributed by atoms with van der Waals surface area (Å²) in [6.45, 7) is 7.90. The van der Waals surface area contributed by atoms with E-state index in [0.717, 1.165) is 22.6 Å². The molecule has 2 atom stereocenters. The first-order valence-electron chi connectivity index (χ1n) is 8.88. The zero-order valence-corrected chi connectivity index (χ0v) is 15.6. The number of aliphatic hydroxyl groups is 1. The summed E-state index contributed by atoms with van der Waals surface area (Å²) in [5.41, 5.74) is 2.01. The molecule has 4 nitrogen and oxygen atoms in total. The molecule has 2 unspecified atom stereocenters. The molecule has 4 heteroatoms. The van der Waals surface area contributed by atoms with Crippen molar-refractivity contribution in [3.05, 3.63) is 59.7 Å². The van der Waals surface area contributed by atoms with Crippen molar-refractivity contribution in [2.45, 2.75) is 39.5 Å². The third-order valence-corrected chi connectivity index (χ3v) is 4.36. The van der Waals surface area contributed by atoms with E-state index in [0.29, 0.717) is 19.8 Å². The van der Waals surface area contributed by atoms with Crippen molar-refractivity contribution in [1.82, 2.24) is 4.90 Å². The molecule has 0 spiro atoms. The molecule has 0 saturated carbocycles. The van der Waals surface area contributed by atoms with Crippen LogP contribution >= 0.6 is 0 Å². The first-order chi connectivity index (χ1) is 12.1. The molecule has 1 N–H and O–H groups in total. The molecule has 0 aliphatic rings. The summed E-state index contributed by atoms with van der Waals surface area (Å²) in [5, 5.41) is 10.6. The van der Waals surface area contributed by atoms with Gasteiger partial charge in [0.25, 0.3) is 0 Å². The number of aliphatic hydroxyl groups excluding tert-OH is 1. The number of rotatable bonds is 9. The Labute approximate surface area is 151 Å². The molecule has 0 saturated heterocycles. The minimum absolute atomic E-state index is 0.0246. The largest absolute Gasteiger partial charge is 0.494 e. The Morgan fingerprint density at radius 2 is 1.68 bits per heavy atom. The van der Waals surface area contributed by atoms with Crippen LogP contribution in [0.3, 0.4) is 0 Å². The first kappa shape index (κ1) is 19.3. The number of nitrogens with zero attached hydrogens (tertiary/aromatic N) is 1. The van der Waals surface area contributed by atoms with E-state index in [9.17, 15) is 5.11 Å². The van der Waals surface area contributed by atoms with Crippen LogP contribution in [0.25, 0.3) is 0 Å². The molecule has 136 valence electrons. The Hall–Kier alpha value is -2.04. The number of hydrogen-bond acceptors (Lipinski definition) is 4. The molecule has 0 amide bonds. The third-order valence-electron chi connectivity index (χ3n) is 4.36. The van der Waals surface area contributed by atoms with Gasteiger partial charge in [0.05, 0.1) is 19.3 Å². The zero-order chi connectivity index (χ0) is 18.2. The molecule has 0 aliphatic carbocycles. The van der Waals surface area contributed by atoms with Crippen LogP contribution in [0.5, 0.6) is 11.5 Å².